The Morgan fingerprint density at radius 2 is 2.23 bits per heavy atom. The Morgan fingerprint density at radius 1 is 1.46 bits per heavy atom. The van der Waals surface area contributed by atoms with Crippen molar-refractivity contribution in [1.29, 1.82) is 0 Å². The zero-order chi connectivity index (χ0) is 9.68. The van der Waals surface area contributed by atoms with E-state index in [2.05, 4.69) is 11.8 Å². The van der Waals surface area contributed by atoms with Gasteiger partial charge in [0.25, 0.3) is 0 Å². The van der Waals surface area contributed by atoms with Crippen LogP contribution in [0.5, 0.6) is 0 Å². The number of piperidine rings is 1. The molecule has 0 radical (unpaired) electrons. The van der Waals surface area contributed by atoms with Gasteiger partial charge in [0.05, 0.1) is 0 Å². The van der Waals surface area contributed by atoms with Crippen LogP contribution in [0.2, 0.25) is 0 Å². The third-order valence-corrected chi connectivity index (χ3v) is 2.91. The lowest BCUT2D eigenvalue weighted by Gasteiger charge is -2.36. The molecule has 1 rings (SSSR count). The van der Waals surface area contributed by atoms with Crippen LogP contribution < -0.4 is 5.73 Å². The van der Waals surface area contributed by atoms with E-state index in [1.807, 2.05) is 0 Å². The minimum Gasteiger partial charge on any atom is -0.396 e. The number of nitrogens with two attached hydrogens (primary N) is 1. The van der Waals surface area contributed by atoms with E-state index in [1.165, 1.54) is 0 Å². The summed E-state index contributed by atoms with van der Waals surface area (Å²) in [4.78, 5) is 2.49. The summed E-state index contributed by atoms with van der Waals surface area (Å²) in [6.07, 6.45) is 4.29. The number of likely N-dealkylation sites (tertiary alicyclic amines) is 1. The van der Waals surface area contributed by atoms with Gasteiger partial charge < -0.3 is 15.7 Å². The van der Waals surface area contributed by atoms with E-state index < -0.39 is 0 Å². The molecule has 0 aromatic heterocycles. The lowest BCUT2D eigenvalue weighted by molar-refractivity contribution is 0.141. The number of nitrogens with zero attached hydrogens (tertiary/aromatic N) is 1. The maximum Gasteiger partial charge on any atom is 0.0431 e. The van der Waals surface area contributed by atoms with E-state index >= 15 is 0 Å². The standard InChI is InChI=1S/C10H22N2O/c1-9-8-10(11)4-6-12(9)5-2-3-7-13/h9-10,13H,2-8,11H2,1H3. The quantitative estimate of drug-likeness (QED) is 0.631. The van der Waals surface area contributed by atoms with Crippen molar-refractivity contribution in [3.05, 3.63) is 0 Å². The summed E-state index contributed by atoms with van der Waals surface area (Å²) in [6.45, 7) is 4.82. The van der Waals surface area contributed by atoms with E-state index in [4.69, 9.17) is 10.8 Å². The predicted octanol–water partition coefficient (Wildman–Crippen LogP) is 0.570. The van der Waals surface area contributed by atoms with E-state index in [1.54, 1.807) is 0 Å². The van der Waals surface area contributed by atoms with Crippen molar-refractivity contribution < 1.29 is 5.11 Å². The fourth-order valence-corrected chi connectivity index (χ4v) is 2.02. The molecule has 1 saturated heterocycles. The lowest BCUT2D eigenvalue weighted by Crippen LogP contribution is -2.45. The molecule has 13 heavy (non-hydrogen) atoms. The molecule has 2 unspecified atom stereocenters. The largest absolute Gasteiger partial charge is 0.396 e. The van der Waals surface area contributed by atoms with Crippen LogP contribution in [0.1, 0.15) is 32.6 Å². The Hall–Kier alpha value is -0.120. The molecule has 0 bridgehead atoms. The average Bonchev–Trinajstić information content (AvgIpc) is 2.09. The second kappa shape index (κ2) is 5.58. The number of unbranched alkanes of at least 4 members (excludes halogenated alkanes) is 1. The minimum absolute atomic E-state index is 0.321. The van der Waals surface area contributed by atoms with Crippen LogP contribution in [0.15, 0.2) is 0 Å². The molecule has 1 heterocycles. The topological polar surface area (TPSA) is 49.5 Å². The van der Waals surface area contributed by atoms with Crippen LogP contribution in [-0.2, 0) is 0 Å². The molecule has 1 fully saturated rings. The molecule has 0 spiro atoms. The van der Waals surface area contributed by atoms with Gasteiger partial charge in [0.15, 0.2) is 0 Å². The van der Waals surface area contributed by atoms with Crippen molar-refractivity contribution in [3.8, 4) is 0 Å². The van der Waals surface area contributed by atoms with Gasteiger partial charge >= 0.3 is 0 Å². The van der Waals surface area contributed by atoms with Crippen LogP contribution >= 0.6 is 0 Å². The molecule has 3 heteroatoms. The minimum atomic E-state index is 0.321. The molecule has 1 aliphatic heterocycles. The first-order valence-electron chi connectivity index (χ1n) is 5.34. The smallest absolute Gasteiger partial charge is 0.0431 e. The Kier molecular flexibility index (Phi) is 4.70. The summed E-state index contributed by atoms with van der Waals surface area (Å²) >= 11 is 0. The lowest BCUT2D eigenvalue weighted by atomic mass is 9.99. The molecule has 0 amide bonds. The van der Waals surface area contributed by atoms with E-state index in [-0.39, 0.29) is 0 Å². The summed E-state index contributed by atoms with van der Waals surface area (Å²) in [6, 6.07) is 1.03. The first-order valence-corrected chi connectivity index (χ1v) is 5.34. The molecule has 1 aliphatic rings. The average molecular weight is 186 g/mol. The van der Waals surface area contributed by atoms with Gasteiger partial charge in [-0.25, -0.2) is 0 Å². The second-order valence-corrected chi connectivity index (χ2v) is 4.10. The molecule has 0 saturated carbocycles. The fraction of sp³-hybridized carbons (Fsp3) is 1.00. The normalized spacial score (nSPS) is 30.7. The predicted molar refractivity (Wildman–Crippen MR) is 54.6 cm³/mol. The summed E-state index contributed by atoms with van der Waals surface area (Å²) in [5.74, 6) is 0. The first kappa shape index (κ1) is 11.0. The van der Waals surface area contributed by atoms with Crippen LogP contribution in [0, 0.1) is 0 Å². The SMILES string of the molecule is CC1CC(N)CCN1CCCCO. The molecule has 0 aliphatic carbocycles. The Bertz CT molecular complexity index is 141. The summed E-state index contributed by atoms with van der Waals surface area (Å²) in [7, 11) is 0. The van der Waals surface area contributed by atoms with Crippen LogP contribution in [0.25, 0.3) is 0 Å². The van der Waals surface area contributed by atoms with E-state index in [0.29, 0.717) is 18.7 Å². The number of hydrogen-bond acceptors (Lipinski definition) is 3. The monoisotopic (exact) mass is 186 g/mol. The Balaban J connectivity index is 2.18. The third-order valence-electron chi connectivity index (χ3n) is 2.91. The molecular weight excluding hydrogens is 164 g/mol. The van der Waals surface area contributed by atoms with Gasteiger partial charge in [-0.15, -0.1) is 0 Å². The van der Waals surface area contributed by atoms with Crippen molar-refractivity contribution in [2.75, 3.05) is 19.7 Å². The summed E-state index contributed by atoms with van der Waals surface area (Å²) in [5, 5.41) is 8.67. The number of aliphatic hydroxyl groups excluding tert-OH is 1. The van der Waals surface area contributed by atoms with Crippen LogP contribution in [0.3, 0.4) is 0 Å². The van der Waals surface area contributed by atoms with E-state index in [0.717, 1.165) is 38.8 Å². The Labute approximate surface area is 80.9 Å². The highest BCUT2D eigenvalue weighted by molar-refractivity contribution is 4.80. The van der Waals surface area contributed by atoms with Crippen molar-refractivity contribution in [2.45, 2.75) is 44.7 Å². The van der Waals surface area contributed by atoms with Gasteiger partial charge in [-0.05, 0) is 45.7 Å². The highest BCUT2D eigenvalue weighted by atomic mass is 16.2. The van der Waals surface area contributed by atoms with Crippen molar-refractivity contribution in [2.24, 2.45) is 5.73 Å². The summed E-state index contributed by atoms with van der Waals surface area (Å²) < 4.78 is 0. The number of hydrogen-bond donors (Lipinski definition) is 2. The maximum atomic E-state index is 8.67. The molecular formula is C10H22N2O. The van der Waals surface area contributed by atoms with E-state index in [9.17, 15) is 0 Å². The fourth-order valence-electron chi connectivity index (χ4n) is 2.02. The molecule has 2 atom stereocenters. The zero-order valence-electron chi connectivity index (χ0n) is 8.58. The number of rotatable bonds is 4. The zero-order valence-corrected chi connectivity index (χ0v) is 8.58. The van der Waals surface area contributed by atoms with Crippen molar-refractivity contribution in [1.82, 2.24) is 4.90 Å². The molecule has 3 nitrogen and oxygen atoms in total. The number of aliphatic hydroxyl groups is 1. The highest BCUT2D eigenvalue weighted by Crippen LogP contribution is 2.15. The van der Waals surface area contributed by atoms with Crippen LogP contribution in [-0.4, -0.2) is 41.8 Å². The first-order chi connectivity index (χ1) is 6.24. The second-order valence-electron chi connectivity index (χ2n) is 4.10. The van der Waals surface area contributed by atoms with Gasteiger partial charge in [0, 0.05) is 18.7 Å². The summed E-state index contributed by atoms with van der Waals surface area (Å²) in [5.41, 5.74) is 5.88. The van der Waals surface area contributed by atoms with Gasteiger partial charge in [0.2, 0.25) is 0 Å². The molecule has 3 N–H and O–H groups in total. The van der Waals surface area contributed by atoms with Gasteiger partial charge in [-0.3, -0.25) is 0 Å². The van der Waals surface area contributed by atoms with Crippen molar-refractivity contribution in [3.63, 3.8) is 0 Å². The Morgan fingerprint density at radius 3 is 2.85 bits per heavy atom. The maximum absolute atomic E-state index is 8.67. The third kappa shape index (κ3) is 3.63. The van der Waals surface area contributed by atoms with Crippen molar-refractivity contribution >= 4 is 0 Å². The molecule has 0 aromatic carbocycles. The van der Waals surface area contributed by atoms with Gasteiger partial charge in [0.1, 0.15) is 0 Å². The highest BCUT2D eigenvalue weighted by Gasteiger charge is 2.21. The van der Waals surface area contributed by atoms with Gasteiger partial charge in [-0.1, -0.05) is 0 Å². The molecule has 78 valence electrons. The van der Waals surface area contributed by atoms with Gasteiger partial charge in [-0.2, -0.15) is 0 Å². The van der Waals surface area contributed by atoms with Crippen LogP contribution in [0.4, 0.5) is 0 Å². The molecule has 0 aromatic rings.